The molecule has 0 atom stereocenters. The summed E-state index contributed by atoms with van der Waals surface area (Å²) in [4.78, 5) is 16.9. The Labute approximate surface area is 146 Å². The molecule has 1 N–H and O–H groups in total. The molecule has 116 valence electrons. The summed E-state index contributed by atoms with van der Waals surface area (Å²) in [5.74, 6) is 0.266. The molecule has 3 aromatic rings. The highest BCUT2D eigenvalue weighted by Gasteiger charge is 2.15. The Morgan fingerprint density at radius 3 is 2.74 bits per heavy atom. The van der Waals surface area contributed by atoms with Gasteiger partial charge >= 0.3 is 0 Å². The van der Waals surface area contributed by atoms with Crippen molar-refractivity contribution in [3.63, 3.8) is 0 Å². The average molecular weight is 389 g/mol. The first kappa shape index (κ1) is 15.7. The number of carbonyl (C=O) groups is 1. The zero-order valence-electron chi connectivity index (χ0n) is 12.2. The number of carbonyl (C=O) groups excluding carboxylic acids is 1. The number of hydrogen-bond donors (Lipinski definition) is 1. The maximum atomic E-state index is 12.4. The molecular weight excluding hydrogens is 376 g/mol. The summed E-state index contributed by atoms with van der Waals surface area (Å²) >= 11 is 4.75. The van der Waals surface area contributed by atoms with Gasteiger partial charge in [-0.05, 0) is 18.2 Å². The van der Waals surface area contributed by atoms with Crippen molar-refractivity contribution in [1.82, 2.24) is 4.98 Å². The molecule has 1 heterocycles. The second-order valence-electron chi connectivity index (χ2n) is 4.70. The summed E-state index contributed by atoms with van der Waals surface area (Å²) in [5.41, 5.74) is 2.31. The van der Waals surface area contributed by atoms with Crippen LogP contribution >= 0.6 is 27.3 Å². The highest BCUT2D eigenvalue weighted by Crippen LogP contribution is 2.27. The molecule has 1 aromatic heterocycles. The molecule has 0 spiro atoms. The van der Waals surface area contributed by atoms with Crippen LogP contribution in [0.5, 0.6) is 5.75 Å². The minimum Gasteiger partial charge on any atom is -0.496 e. The van der Waals surface area contributed by atoms with Crippen molar-refractivity contribution in [2.45, 2.75) is 0 Å². The van der Waals surface area contributed by atoms with Crippen LogP contribution < -0.4 is 10.1 Å². The zero-order chi connectivity index (χ0) is 16.2. The topological polar surface area (TPSA) is 51.2 Å². The lowest BCUT2D eigenvalue weighted by Gasteiger charge is -2.08. The quantitative estimate of drug-likeness (QED) is 0.695. The molecule has 2 aromatic carbocycles. The maximum absolute atomic E-state index is 12.4. The molecule has 0 aliphatic carbocycles. The van der Waals surface area contributed by atoms with Crippen LogP contribution in [0.3, 0.4) is 0 Å². The number of nitrogens with zero attached hydrogens (tertiary/aromatic N) is 1. The first-order valence-electron chi connectivity index (χ1n) is 6.83. The molecule has 0 radical (unpaired) electrons. The van der Waals surface area contributed by atoms with E-state index in [0.717, 1.165) is 15.7 Å². The van der Waals surface area contributed by atoms with Crippen LogP contribution in [-0.2, 0) is 0 Å². The number of nitrogens with one attached hydrogen (secondary N) is 1. The van der Waals surface area contributed by atoms with Crippen LogP contribution in [-0.4, -0.2) is 18.0 Å². The summed E-state index contributed by atoms with van der Waals surface area (Å²) in [6.45, 7) is 0. The van der Waals surface area contributed by atoms with Crippen LogP contribution in [0.4, 0.5) is 5.13 Å². The fraction of sp³-hybridized carbons (Fsp3) is 0.0588. The lowest BCUT2D eigenvalue weighted by Crippen LogP contribution is -2.13. The largest absolute Gasteiger partial charge is 0.496 e. The molecule has 0 bridgehead atoms. The number of thiazole rings is 1. The SMILES string of the molecule is COc1ccc(Br)cc1C(=O)Nc1nc(-c2ccccc2)cs1. The zero-order valence-corrected chi connectivity index (χ0v) is 14.6. The van der Waals surface area contributed by atoms with Gasteiger partial charge in [0.25, 0.3) is 5.91 Å². The van der Waals surface area contributed by atoms with E-state index < -0.39 is 0 Å². The van der Waals surface area contributed by atoms with Gasteiger partial charge in [0.05, 0.1) is 18.4 Å². The van der Waals surface area contributed by atoms with Gasteiger partial charge in [0.15, 0.2) is 5.13 Å². The molecule has 0 saturated carbocycles. The number of hydrogen-bond acceptors (Lipinski definition) is 4. The molecule has 23 heavy (non-hydrogen) atoms. The van der Waals surface area contributed by atoms with Crippen molar-refractivity contribution in [2.75, 3.05) is 12.4 Å². The second-order valence-corrected chi connectivity index (χ2v) is 6.48. The van der Waals surface area contributed by atoms with Gasteiger partial charge in [-0.2, -0.15) is 0 Å². The standard InChI is InChI=1S/C17H13BrN2O2S/c1-22-15-8-7-12(18)9-13(15)16(21)20-17-19-14(10-23-17)11-5-3-2-4-6-11/h2-10H,1H3,(H,19,20,21). The number of aromatic nitrogens is 1. The van der Waals surface area contributed by atoms with Crippen LogP contribution in [0.15, 0.2) is 58.4 Å². The Bertz CT molecular complexity index is 834. The van der Waals surface area contributed by atoms with E-state index in [1.807, 2.05) is 41.8 Å². The van der Waals surface area contributed by atoms with Crippen molar-refractivity contribution >= 4 is 38.3 Å². The Hall–Kier alpha value is -2.18. The van der Waals surface area contributed by atoms with Gasteiger partial charge in [-0.1, -0.05) is 46.3 Å². The lowest BCUT2D eigenvalue weighted by atomic mass is 10.2. The van der Waals surface area contributed by atoms with E-state index in [1.165, 1.54) is 18.4 Å². The summed E-state index contributed by atoms with van der Waals surface area (Å²) in [5, 5.41) is 5.29. The summed E-state index contributed by atoms with van der Waals surface area (Å²) in [6.07, 6.45) is 0. The molecule has 0 fully saturated rings. The molecule has 0 saturated heterocycles. The van der Waals surface area contributed by atoms with E-state index in [2.05, 4.69) is 26.2 Å². The fourth-order valence-electron chi connectivity index (χ4n) is 2.09. The van der Waals surface area contributed by atoms with Gasteiger partial charge < -0.3 is 4.74 Å². The first-order chi connectivity index (χ1) is 11.2. The van der Waals surface area contributed by atoms with Crippen LogP contribution in [0.1, 0.15) is 10.4 Å². The van der Waals surface area contributed by atoms with Gasteiger partial charge in [-0.25, -0.2) is 4.98 Å². The van der Waals surface area contributed by atoms with Crippen molar-refractivity contribution < 1.29 is 9.53 Å². The number of rotatable bonds is 4. The molecule has 0 aliphatic heterocycles. The highest BCUT2D eigenvalue weighted by atomic mass is 79.9. The normalized spacial score (nSPS) is 10.3. The van der Waals surface area contributed by atoms with E-state index >= 15 is 0 Å². The predicted octanol–water partition coefficient (Wildman–Crippen LogP) is 4.83. The van der Waals surface area contributed by atoms with Crippen molar-refractivity contribution in [3.05, 3.63) is 63.9 Å². The third-order valence-corrected chi connectivity index (χ3v) is 4.45. The second kappa shape index (κ2) is 6.93. The molecule has 6 heteroatoms. The van der Waals surface area contributed by atoms with Crippen LogP contribution in [0, 0.1) is 0 Å². The fourth-order valence-corrected chi connectivity index (χ4v) is 3.17. The van der Waals surface area contributed by atoms with Crippen molar-refractivity contribution in [3.8, 4) is 17.0 Å². The Kier molecular flexibility index (Phi) is 4.73. The highest BCUT2D eigenvalue weighted by molar-refractivity contribution is 9.10. The van der Waals surface area contributed by atoms with Gasteiger partial charge in [0.1, 0.15) is 5.75 Å². The third kappa shape index (κ3) is 3.60. The molecule has 0 aliphatic rings. The van der Waals surface area contributed by atoms with E-state index in [-0.39, 0.29) is 5.91 Å². The number of benzene rings is 2. The van der Waals surface area contributed by atoms with Gasteiger partial charge in [0.2, 0.25) is 0 Å². The molecule has 1 amide bonds. The number of amides is 1. The van der Waals surface area contributed by atoms with Crippen LogP contribution in [0.25, 0.3) is 11.3 Å². The molecule has 4 nitrogen and oxygen atoms in total. The van der Waals surface area contributed by atoms with Crippen LogP contribution in [0.2, 0.25) is 0 Å². The van der Waals surface area contributed by atoms with Gasteiger partial charge in [-0.15, -0.1) is 11.3 Å². The van der Waals surface area contributed by atoms with E-state index in [9.17, 15) is 4.79 Å². The number of ether oxygens (including phenoxy) is 1. The summed E-state index contributed by atoms with van der Waals surface area (Å²) in [6, 6.07) is 15.1. The monoisotopic (exact) mass is 388 g/mol. The summed E-state index contributed by atoms with van der Waals surface area (Å²) in [7, 11) is 1.54. The van der Waals surface area contributed by atoms with Crippen molar-refractivity contribution in [2.24, 2.45) is 0 Å². The predicted molar refractivity (Wildman–Crippen MR) is 96.2 cm³/mol. The Morgan fingerprint density at radius 2 is 2.00 bits per heavy atom. The maximum Gasteiger partial charge on any atom is 0.261 e. The molecule has 3 rings (SSSR count). The minimum absolute atomic E-state index is 0.253. The third-order valence-electron chi connectivity index (χ3n) is 3.20. The smallest absolute Gasteiger partial charge is 0.261 e. The Morgan fingerprint density at radius 1 is 1.22 bits per heavy atom. The van der Waals surface area contributed by atoms with Gasteiger partial charge in [-0.3, -0.25) is 10.1 Å². The average Bonchev–Trinajstić information content (AvgIpc) is 3.04. The molecule has 0 unspecified atom stereocenters. The van der Waals surface area contributed by atoms with Crippen molar-refractivity contribution in [1.29, 1.82) is 0 Å². The molecular formula is C17H13BrN2O2S. The first-order valence-corrected chi connectivity index (χ1v) is 8.50. The summed E-state index contributed by atoms with van der Waals surface area (Å²) < 4.78 is 6.05. The number of methoxy groups -OCH3 is 1. The van der Waals surface area contributed by atoms with Gasteiger partial charge in [0, 0.05) is 15.4 Å². The van der Waals surface area contributed by atoms with E-state index in [1.54, 1.807) is 12.1 Å². The Balaban J connectivity index is 1.82. The number of halogens is 1. The number of anilines is 1. The minimum atomic E-state index is -0.253. The van der Waals surface area contributed by atoms with E-state index in [4.69, 9.17) is 4.74 Å². The lowest BCUT2D eigenvalue weighted by molar-refractivity contribution is 0.102. The van der Waals surface area contributed by atoms with E-state index in [0.29, 0.717) is 16.4 Å².